The van der Waals surface area contributed by atoms with E-state index in [4.69, 9.17) is 5.11 Å². The Bertz CT molecular complexity index is 378. The molecule has 1 aromatic rings. The molecule has 0 bridgehead atoms. The van der Waals surface area contributed by atoms with E-state index in [1.807, 2.05) is 6.92 Å². The first-order chi connectivity index (χ1) is 7.60. The summed E-state index contributed by atoms with van der Waals surface area (Å²) in [6.45, 7) is 4.11. The highest BCUT2D eigenvalue weighted by atomic mass is 32.1. The van der Waals surface area contributed by atoms with Gasteiger partial charge in [-0.2, -0.15) is 0 Å². The molecule has 1 N–H and O–H groups in total. The molecule has 5 nitrogen and oxygen atoms in total. The minimum Gasteiger partial charge on any atom is -0.479 e. The fourth-order valence-electron chi connectivity index (χ4n) is 1.44. The Labute approximate surface area is 97.7 Å². The summed E-state index contributed by atoms with van der Waals surface area (Å²) in [6.07, 6.45) is 1.28. The van der Waals surface area contributed by atoms with Crippen molar-refractivity contribution in [1.29, 1.82) is 0 Å². The molecule has 6 heteroatoms. The number of carboxylic acid groups (broad SMARTS) is 1. The van der Waals surface area contributed by atoms with Crippen molar-refractivity contribution < 1.29 is 14.7 Å². The zero-order valence-corrected chi connectivity index (χ0v) is 10.0. The molecule has 0 fully saturated rings. The molecule has 0 aliphatic heterocycles. The average molecular weight is 242 g/mol. The maximum absolute atomic E-state index is 11.1. The quantitative estimate of drug-likeness (QED) is 0.766. The fourth-order valence-corrected chi connectivity index (χ4v) is 2.08. The molecule has 0 radical (unpaired) electrons. The van der Waals surface area contributed by atoms with Crippen LogP contribution in [0.3, 0.4) is 0 Å². The van der Waals surface area contributed by atoms with E-state index in [1.165, 1.54) is 16.2 Å². The molecule has 0 spiro atoms. The van der Waals surface area contributed by atoms with Gasteiger partial charge in [0.25, 0.3) is 0 Å². The van der Waals surface area contributed by atoms with Crippen molar-refractivity contribution >= 4 is 23.7 Å². The number of hydrogen-bond acceptors (Lipinski definition) is 4. The summed E-state index contributed by atoms with van der Waals surface area (Å²) in [7, 11) is 0. The van der Waals surface area contributed by atoms with Crippen molar-refractivity contribution in [3.05, 3.63) is 16.1 Å². The Kier molecular flexibility index (Phi) is 4.42. The molecule has 1 rings (SSSR count). The number of aliphatic carboxylic acids is 1. The lowest BCUT2D eigenvalue weighted by molar-refractivity contribution is -0.146. The molecule has 0 aliphatic rings. The number of carbonyl (C=O) groups is 2. The minimum absolute atomic E-state index is 0.414. The Morgan fingerprint density at radius 3 is 2.81 bits per heavy atom. The van der Waals surface area contributed by atoms with Gasteiger partial charge in [0.15, 0.2) is 6.04 Å². The minimum atomic E-state index is -1.05. The van der Waals surface area contributed by atoms with Crippen molar-refractivity contribution in [2.45, 2.75) is 26.3 Å². The number of rotatable bonds is 6. The lowest BCUT2D eigenvalue weighted by atomic mass is 10.2. The van der Waals surface area contributed by atoms with Crippen LogP contribution in [0.4, 0.5) is 0 Å². The van der Waals surface area contributed by atoms with E-state index in [0.29, 0.717) is 25.1 Å². The second kappa shape index (κ2) is 5.60. The van der Waals surface area contributed by atoms with E-state index in [0.717, 1.165) is 5.01 Å². The highest BCUT2D eigenvalue weighted by Gasteiger charge is 2.28. The molecule has 0 saturated carbocycles. The first-order valence-corrected chi connectivity index (χ1v) is 5.84. The van der Waals surface area contributed by atoms with Crippen molar-refractivity contribution in [1.82, 2.24) is 9.88 Å². The fraction of sp³-hybridized carbons (Fsp3) is 0.500. The second-order valence-electron chi connectivity index (χ2n) is 3.38. The van der Waals surface area contributed by atoms with Gasteiger partial charge in [-0.15, -0.1) is 11.3 Å². The Hall–Kier alpha value is -1.43. The maximum atomic E-state index is 11.1. The average Bonchev–Trinajstić information content (AvgIpc) is 2.63. The zero-order valence-electron chi connectivity index (χ0n) is 9.21. The summed E-state index contributed by atoms with van der Waals surface area (Å²) < 4.78 is 0. The topological polar surface area (TPSA) is 70.5 Å². The van der Waals surface area contributed by atoms with Crippen LogP contribution in [0.5, 0.6) is 0 Å². The van der Waals surface area contributed by atoms with Crippen molar-refractivity contribution in [3.63, 3.8) is 0 Å². The van der Waals surface area contributed by atoms with Gasteiger partial charge < -0.3 is 10.0 Å². The molecule has 1 aromatic heterocycles. The highest BCUT2D eigenvalue weighted by Crippen LogP contribution is 2.21. The van der Waals surface area contributed by atoms with Crippen LogP contribution < -0.4 is 0 Å². The van der Waals surface area contributed by atoms with Gasteiger partial charge >= 0.3 is 5.97 Å². The van der Waals surface area contributed by atoms with Crippen molar-refractivity contribution in [3.8, 4) is 0 Å². The SMILES string of the molecule is CCCN(C=O)C(C(=O)O)c1csc(C)n1. The van der Waals surface area contributed by atoms with Crippen molar-refractivity contribution in [2.24, 2.45) is 0 Å². The largest absolute Gasteiger partial charge is 0.479 e. The van der Waals surface area contributed by atoms with Gasteiger partial charge in [0.05, 0.1) is 10.7 Å². The predicted molar refractivity (Wildman–Crippen MR) is 60.3 cm³/mol. The summed E-state index contributed by atoms with van der Waals surface area (Å²) in [6, 6.07) is -0.970. The lowest BCUT2D eigenvalue weighted by Gasteiger charge is -2.22. The zero-order chi connectivity index (χ0) is 12.1. The van der Waals surface area contributed by atoms with Gasteiger partial charge in [0.1, 0.15) is 0 Å². The predicted octanol–water partition coefficient (Wildman–Crippen LogP) is 1.45. The molecule has 1 unspecified atom stereocenters. The van der Waals surface area contributed by atoms with Crippen LogP contribution in [0.15, 0.2) is 5.38 Å². The van der Waals surface area contributed by atoms with Crippen molar-refractivity contribution in [2.75, 3.05) is 6.54 Å². The first kappa shape index (κ1) is 12.6. The van der Waals surface area contributed by atoms with E-state index < -0.39 is 12.0 Å². The Balaban J connectivity index is 2.98. The molecule has 0 aromatic carbocycles. The molecule has 1 heterocycles. The summed E-state index contributed by atoms with van der Waals surface area (Å²) in [5, 5.41) is 11.6. The molecule has 88 valence electrons. The molecule has 16 heavy (non-hydrogen) atoms. The van der Waals surface area contributed by atoms with Gasteiger partial charge in [-0.3, -0.25) is 4.79 Å². The lowest BCUT2D eigenvalue weighted by Crippen LogP contribution is -2.34. The normalized spacial score (nSPS) is 12.1. The van der Waals surface area contributed by atoms with Crippen LogP contribution in [-0.2, 0) is 9.59 Å². The summed E-state index contributed by atoms with van der Waals surface area (Å²) in [4.78, 5) is 27.4. The standard InChI is InChI=1S/C10H14N2O3S/c1-3-4-12(6-13)9(10(14)15)8-5-16-7(2)11-8/h5-6,9H,3-4H2,1-2H3,(H,14,15). The number of aryl methyl sites for hydroxylation is 1. The molecule has 0 aliphatic carbocycles. The maximum Gasteiger partial charge on any atom is 0.332 e. The highest BCUT2D eigenvalue weighted by molar-refractivity contribution is 7.09. The van der Waals surface area contributed by atoms with Gasteiger partial charge in [0.2, 0.25) is 6.41 Å². The third-order valence-electron chi connectivity index (χ3n) is 2.10. The van der Waals surface area contributed by atoms with Gasteiger partial charge in [-0.1, -0.05) is 6.92 Å². The Morgan fingerprint density at radius 2 is 2.44 bits per heavy atom. The first-order valence-electron chi connectivity index (χ1n) is 4.96. The molecule has 1 amide bonds. The molecular formula is C10H14N2O3S. The molecule has 1 atom stereocenters. The van der Waals surface area contributed by atoms with Gasteiger partial charge in [-0.25, -0.2) is 9.78 Å². The summed E-state index contributed by atoms with van der Waals surface area (Å²) >= 11 is 1.38. The summed E-state index contributed by atoms with van der Waals surface area (Å²) in [5.74, 6) is -1.05. The van der Waals surface area contributed by atoms with Crippen LogP contribution in [0.2, 0.25) is 0 Å². The van der Waals surface area contributed by atoms with E-state index in [-0.39, 0.29) is 0 Å². The number of amides is 1. The third kappa shape index (κ3) is 2.79. The van der Waals surface area contributed by atoms with E-state index in [2.05, 4.69) is 4.98 Å². The number of carbonyl (C=O) groups excluding carboxylic acids is 1. The van der Waals surface area contributed by atoms with Crippen LogP contribution in [0.25, 0.3) is 0 Å². The number of hydrogen-bond donors (Lipinski definition) is 1. The third-order valence-corrected chi connectivity index (χ3v) is 2.89. The van der Waals surface area contributed by atoms with E-state index >= 15 is 0 Å². The number of aromatic nitrogens is 1. The van der Waals surface area contributed by atoms with Gasteiger partial charge in [0, 0.05) is 11.9 Å². The second-order valence-corrected chi connectivity index (χ2v) is 4.44. The van der Waals surface area contributed by atoms with Crippen LogP contribution >= 0.6 is 11.3 Å². The van der Waals surface area contributed by atoms with Crippen LogP contribution in [-0.4, -0.2) is 33.9 Å². The molecule has 0 saturated heterocycles. The van der Waals surface area contributed by atoms with E-state index in [9.17, 15) is 9.59 Å². The number of carboxylic acids is 1. The monoisotopic (exact) mass is 242 g/mol. The Morgan fingerprint density at radius 1 is 1.75 bits per heavy atom. The summed E-state index contributed by atoms with van der Waals surface area (Å²) in [5.41, 5.74) is 0.426. The number of thiazole rings is 1. The molecular weight excluding hydrogens is 228 g/mol. The van der Waals surface area contributed by atoms with Gasteiger partial charge in [-0.05, 0) is 13.3 Å². The number of nitrogens with zero attached hydrogens (tertiary/aromatic N) is 2. The van der Waals surface area contributed by atoms with Crippen LogP contribution in [0.1, 0.15) is 30.1 Å². The van der Waals surface area contributed by atoms with Crippen LogP contribution in [0, 0.1) is 6.92 Å². The van der Waals surface area contributed by atoms with E-state index in [1.54, 1.807) is 12.3 Å². The smallest absolute Gasteiger partial charge is 0.332 e.